The van der Waals surface area contributed by atoms with Crippen LogP contribution in [-0.2, 0) is 22.8 Å². The third-order valence-electron chi connectivity index (χ3n) is 7.37. The molecule has 1 unspecified atom stereocenters. The number of allylic oxidation sites excluding steroid dienone is 6. The molecular formula is C35H46F3NO. The Kier molecular flexibility index (Phi) is 15.2. The molecule has 1 atom stereocenters. The van der Waals surface area contributed by atoms with Gasteiger partial charge < -0.3 is 5.32 Å². The van der Waals surface area contributed by atoms with Crippen molar-refractivity contribution < 1.29 is 18.0 Å². The molecule has 0 radical (unpaired) electrons. The minimum absolute atomic E-state index is 0.00644. The summed E-state index contributed by atoms with van der Waals surface area (Å²) in [5.74, 6) is -0.00644. The van der Waals surface area contributed by atoms with E-state index in [9.17, 15) is 18.0 Å². The Bertz CT molecular complexity index is 1050. The molecule has 2 rings (SSSR count). The highest BCUT2D eigenvalue weighted by molar-refractivity contribution is 5.77. The summed E-state index contributed by atoms with van der Waals surface area (Å²) in [4.78, 5) is 12.6. The van der Waals surface area contributed by atoms with Crippen molar-refractivity contribution in [2.45, 2.75) is 95.6 Å². The van der Waals surface area contributed by atoms with Gasteiger partial charge in [0.2, 0.25) is 5.91 Å². The molecule has 0 aromatic heterocycles. The molecule has 0 aliphatic rings. The van der Waals surface area contributed by atoms with E-state index in [0.29, 0.717) is 12.8 Å². The molecule has 218 valence electrons. The summed E-state index contributed by atoms with van der Waals surface area (Å²) < 4.78 is 38.8. The number of amides is 1. The van der Waals surface area contributed by atoms with E-state index < -0.39 is 11.7 Å². The number of hydrogen-bond donors (Lipinski definition) is 1. The smallest absolute Gasteiger partial charge is 0.359 e. The molecule has 1 amide bonds. The van der Waals surface area contributed by atoms with Crippen molar-refractivity contribution in [3.05, 3.63) is 108 Å². The van der Waals surface area contributed by atoms with Crippen LogP contribution in [0.5, 0.6) is 0 Å². The molecule has 2 aromatic rings. The van der Waals surface area contributed by atoms with Gasteiger partial charge in [0, 0.05) is 18.9 Å². The Morgan fingerprint density at radius 2 is 1.38 bits per heavy atom. The first-order valence-corrected chi connectivity index (χ1v) is 14.7. The third kappa shape index (κ3) is 12.4. The standard InChI is InChI=1S/C35H46F3NO/c1-3-4-5-6-7-8-9-10-11-12-13-14-18-27-34(29-33(40)39-2,31-21-16-15-17-22-31)28-19-20-30-23-25-32(26-24-30)35(36,37)38/h7-8,10-11,13-17,21-26H,3-6,9,12,18-20,27-29H2,1-2H3,(H,39,40). The number of halogens is 3. The highest BCUT2D eigenvalue weighted by atomic mass is 19.4. The zero-order chi connectivity index (χ0) is 29.1. The first-order valence-electron chi connectivity index (χ1n) is 14.7. The monoisotopic (exact) mass is 553 g/mol. The molecule has 40 heavy (non-hydrogen) atoms. The van der Waals surface area contributed by atoms with Gasteiger partial charge in [-0.05, 0) is 81.0 Å². The zero-order valence-electron chi connectivity index (χ0n) is 24.2. The minimum Gasteiger partial charge on any atom is -0.359 e. The molecule has 1 N–H and O–H groups in total. The lowest BCUT2D eigenvalue weighted by atomic mass is 9.70. The van der Waals surface area contributed by atoms with Crippen LogP contribution in [0.1, 0.15) is 94.2 Å². The molecule has 0 aliphatic carbocycles. The number of nitrogens with one attached hydrogen (secondary N) is 1. The Labute approximate surface area is 239 Å². The number of benzene rings is 2. The number of hydrogen-bond acceptors (Lipinski definition) is 1. The van der Waals surface area contributed by atoms with Crippen molar-refractivity contribution in [2.24, 2.45) is 0 Å². The van der Waals surface area contributed by atoms with Gasteiger partial charge in [0.1, 0.15) is 0 Å². The van der Waals surface area contributed by atoms with Crippen molar-refractivity contribution in [3.63, 3.8) is 0 Å². The molecule has 5 heteroatoms. The second kappa shape index (κ2) is 18.3. The number of carbonyl (C=O) groups excluding carboxylic acids is 1. The molecule has 0 saturated carbocycles. The van der Waals surface area contributed by atoms with Gasteiger partial charge in [0.15, 0.2) is 0 Å². The van der Waals surface area contributed by atoms with Crippen molar-refractivity contribution in [3.8, 4) is 0 Å². The second-order valence-corrected chi connectivity index (χ2v) is 10.5. The van der Waals surface area contributed by atoms with E-state index in [1.807, 2.05) is 18.2 Å². The van der Waals surface area contributed by atoms with E-state index in [2.05, 4.69) is 60.8 Å². The van der Waals surface area contributed by atoms with Crippen molar-refractivity contribution in [1.29, 1.82) is 0 Å². The fraction of sp³-hybridized carbons (Fsp3) is 0.457. The molecular weight excluding hydrogens is 507 g/mol. The summed E-state index contributed by atoms with van der Waals surface area (Å²) in [7, 11) is 1.66. The summed E-state index contributed by atoms with van der Waals surface area (Å²) in [6, 6.07) is 15.6. The van der Waals surface area contributed by atoms with Gasteiger partial charge in [0.05, 0.1) is 5.56 Å². The summed E-state index contributed by atoms with van der Waals surface area (Å²) in [5, 5.41) is 2.79. The van der Waals surface area contributed by atoms with Gasteiger partial charge in [-0.3, -0.25) is 4.79 Å². The normalized spacial score (nSPS) is 13.8. The van der Waals surface area contributed by atoms with Crippen LogP contribution < -0.4 is 5.32 Å². The molecule has 2 nitrogen and oxygen atoms in total. The molecule has 0 saturated heterocycles. The number of aryl methyl sites for hydroxylation is 1. The predicted octanol–water partition coefficient (Wildman–Crippen LogP) is 9.91. The van der Waals surface area contributed by atoms with Gasteiger partial charge in [-0.2, -0.15) is 13.2 Å². The summed E-state index contributed by atoms with van der Waals surface area (Å²) in [5.41, 5.74) is 1.02. The van der Waals surface area contributed by atoms with Crippen LogP contribution in [0.4, 0.5) is 13.2 Å². The quantitative estimate of drug-likeness (QED) is 0.144. The van der Waals surface area contributed by atoms with Gasteiger partial charge in [-0.25, -0.2) is 0 Å². The van der Waals surface area contributed by atoms with Crippen molar-refractivity contribution in [2.75, 3.05) is 7.05 Å². The molecule has 0 fully saturated rings. The van der Waals surface area contributed by atoms with E-state index in [-0.39, 0.29) is 11.3 Å². The highest BCUT2D eigenvalue weighted by Gasteiger charge is 2.33. The Balaban J connectivity index is 2.01. The number of unbranched alkanes of at least 4 members (excludes halogenated alkanes) is 3. The van der Waals surface area contributed by atoms with Crippen LogP contribution in [0.3, 0.4) is 0 Å². The Hall–Kier alpha value is -3.08. The minimum atomic E-state index is -4.33. The first-order chi connectivity index (χ1) is 19.3. The van der Waals surface area contributed by atoms with Gasteiger partial charge in [0.25, 0.3) is 0 Å². The molecule has 0 bridgehead atoms. The predicted molar refractivity (Wildman–Crippen MR) is 161 cm³/mol. The zero-order valence-corrected chi connectivity index (χ0v) is 24.2. The van der Waals surface area contributed by atoms with Crippen LogP contribution in [0, 0.1) is 0 Å². The third-order valence-corrected chi connectivity index (χ3v) is 7.37. The SMILES string of the molecule is CCCCCC=CCC=CCC=CCCC(CCCc1ccc(C(F)(F)F)cc1)(CC(=O)NC)c1ccccc1. The van der Waals surface area contributed by atoms with E-state index in [0.717, 1.165) is 68.2 Å². The van der Waals surface area contributed by atoms with Crippen LogP contribution in [0.2, 0.25) is 0 Å². The Morgan fingerprint density at radius 1 is 0.750 bits per heavy atom. The van der Waals surface area contributed by atoms with Gasteiger partial charge >= 0.3 is 6.18 Å². The number of carbonyl (C=O) groups is 1. The Morgan fingerprint density at radius 3 is 1.98 bits per heavy atom. The highest BCUT2D eigenvalue weighted by Crippen LogP contribution is 2.39. The van der Waals surface area contributed by atoms with Crippen molar-refractivity contribution in [1.82, 2.24) is 5.32 Å². The molecule has 0 spiro atoms. The lowest BCUT2D eigenvalue weighted by molar-refractivity contribution is -0.137. The average molecular weight is 554 g/mol. The second-order valence-electron chi connectivity index (χ2n) is 10.5. The van der Waals surface area contributed by atoms with E-state index in [1.165, 1.54) is 19.3 Å². The molecule has 0 heterocycles. The van der Waals surface area contributed by atoms with Gasteiger partial charge in [-0.1, -0.05) is 98.7 Å². The fourth-order valence-electron chi connectivity index (χ4n) is 5.02. The summed E-state index contributed by atoms with van der Waals surface area (Å²) >= 11 is 0. The van der Waals surface area contributed by atoms with Crippen LogP contribution >= 0.6 is 0 Å². The maximum absolute atomic E-state index is 12.9. The van der Waals surface area contributed by atoms with Crippen LogP contribution in [0.15, 0.2) is 91.1 Å². The lowest BCUT2D eigenvalue weighted by Crippen LogP contribution is -2.34. The largest absolute Gasteiger partial charge is 0.416 e. The van der Waals surface area contributed by atoms with E-state index in [1.54, 1.807) is 19.2 Å². The number of rotatable bonds is 18. The number of alkyl halides is 3. The van der Waals surface area contributed by atoms with E-state index >= 15 is 0 Å². The van der Waals surface area contributed by atoms with Crippen LogP contribution in [-0.4, -0.2) is 13.0 Å². The lowest BCUT2D eigenvalue weighted by Gasteiger charge is -2.34. The average Bonchev–Trinajstić information content (AvgIpc) is 2.95. The topological polar surface area (TPSA) is 29.1 Å². The maximum atomic E-state index is 12.9. The summed E-state index contributed by atoms with van der Waals surface area (Å²) in [6.45, 7) is 2.22. The van der Waals surface area contributed by atoms with Crippen molar-refractivity contribution >= 4 is 5.91 Å². The van der Waals surface area contributed by atoms with Crippen LogP contribution in [0.25, 0.3) is 0 Å². The molecule has 2 aromatic carbocycles. The fourth-order valence-corrected chi connectivity index (χ4v) is 5.02. The molecule has 0 aliphatic heterocycles. The maximum Gasteiger partial charge on any atom is 0.416 e. The van der Waals surface area contributed by atoms with E-state index in [4.69, 9.17) is 0 Å². The van der Waals surface area contributed by atoms with Gasteiger partial charge in [-0.15, -0.1) is 0 Å². The summed E-state index contributed by atoms with van der Waals surface area (Å²) in [6.07, 6.45) is 20.0. The first kappa shape index (κ1) is 33.1.